The number of carbonyl (C=O) groups is 2. The molecule has 0 aliphatic rings. The Morgan fingerprint density at radius 3 is 2.08 bits per heavy atom. The second kappa shape index (κ2) is 14.0. The number of benzene rings is 3. The fourth-order valence-corrected chi connectivity index (χ4v) is 5.83. The Labute approximate surface area is 258 Å². The Hall–Kier alpha value is -2.30. The highest BCUT2D eigenvalue weighted by Gasteiger charge is 2.34. The summed E-state index contributed by atoms with van der Waals surface area (Å²) in [4.78, 5) is 29.0. The molecule has 0 saturated heterocycles. The van der Waals surface area contributed by atoms with E-state index in [4.69, 9.17) is 34.8 Å². The first-order chi connectivity index (χ1) is 18.8. The van der Waals surface area contributed by atoms with Gasteiger partial charge in [-0.3, -0.25) is 13.9 Å². The van der Waals surface area contributed by atoms with Crippen LogP contribution in [0.3, 0.4) is 0 Å². The van der Waals surface area contributed by atoms with Crippen LogP contribution in [-0.2, 0) is 32.6 Å². The van der Waals surface area contributed by atoms with Crippen molar-refractivity contribution in [2.45, 2.75) is 38.9 Å². The Bertz CT molecular complexity index is 1460. The lowest BCUT2D eigenvalue weighted by atomic mass is 10.0. The average Bonchev–Trinajstić information content (AvgIpc) is 2.87. The van der Waals surface area contributed by atoms with Crippen LogP contribution in [0.15, 0.2) is 71.2 Å². The van der Waals surface area contributed by atoms with Gasteiger partial charge in [0.25, 0.3) is 0 Å². The standard InChI is InChI=1S/C28H29BrCl3N3O4S/c1-18(2)33-28(37)26(13-19-7-5-4-6-8-19)34(16-20-9-11-21(29)12-10-20)27(36)17-35(40(3,38)39)25-15-23(31)22(30)14-24(25)32/h4-12,14-15,18,26H,13,16-17H2,1-3H3,(H,33,37)/t26-/m1/s1. The number of anilines is 1. The molecule has 7 nitrogen and oxygen atoms in total. The van der Waals surface area contributed by atoms with Crippen LogP contribution in [0.4, 0.5) is 5.69 Å². The Morgan fingerprint density at radius 2 is 1.50 bits per heavy atom. The molecule has 0 aliphatic carbocycles. The van der Waals surface area contributed by atoms with E-state index >= 15 is 0 Å². The van der Waals surface area contributed by atoms with Gasteiger partial charge in [-0.25, -0.2) is 8.42 Å². The quantitative estimate of drug-likeness (QED) is 0.238. The predicted octanol–water partition coefficient (Wildman–Crippen LogP) is 6.34. The summed E-state index contributed by atoms with van der Waals surface area (Å²) in [5.41, 5.74) is 1.60. The fourth-order valence-electron chi connectivity index (χ4n) is 4.02. The van der Waals surface area contributed by atoms with Gasteiger partial charge in [0.2, 0.25) is 21.8 Å². The van der Waals surface area contributed by atoms with Crippen molar-refractivity contribution in [1.82, 2.24) is 10.2 Å². The third-order valence-electron chi connectivity index (χ3n) is 5.91. The van der Waals surface area contributed by atoms with E-state index in [0.717, 1.165) is 26.2 Å². The number of nitrogens with one attached hydrogen (secondary N) is 1. The first-order valence-electron chi connectivity index (χ1n) is 12.3. The van der Waals surface area contributed by atoms with Gasteiger partial charge in [0.05, 0.1) is 27.0 Å². The maximum Gasteiger partial charge on any atom is 0.244 e. The zero-order chi connectivity index (χ0) is 29.6. The van der Waals surface area contributed by atoms with Gasteiger partial charge in [-0.05, 0) is 49.2 Å². The molecular weight excluding hydrogens is 661 g/mol. The summed E-state index contributed by atoms with van der Waals surface area (Å²) >= 11 is 22.0. The normalized spacial score (nSPS) is 12.2. The summed E-state index contributed by atoms with van der Waals surface area (Å²) in [5, 5.41) is 3.13. The first-order valence-corrected chi connectivity index (χ1v) is 16.0. The molecule has 0 bridgehead atoms. The van der Waals surface area contributed by atoms with Crippen molar-refractivity contribution in [3.63, 3.8) is 0 Å². The summed E-state index contributed by atoms with van der Waals surface area (Å²) in [6.45, 7) is 3.10. The van der Waals surface area contributed by atoms with E-state index in [9.17, 15) is 18.0 Å². The molecule has 3 aromatic carbocycles. The molecule has 0 radical (unpaired) electrons. The van der Waals surface area contributed by atoms with Gasteiger partial charge in [0, 0.05) is 23.5 Å². The van der Waals surface area contributed by atoms with Gasteiger partial charge in [0.1, 0.15) is 12.6 Å². The van der Waals surface area contributed by atoms with Crippen LogP contribution in [-0.4, -0.2) is 50.0 Å². The molecule has 0 saturated carbocycles. The van der Waals surface area contributed by atoms with Gasteiger partial charge in [0.15, 0.2) is 0 Å². The average molecular weight is 690 g/mol. The van der Waals surface area contributed by atoms with E-state index in [-0.39, 0.29) is 45.7 Å². The molecule has 3 rings (SSSR count). The second-order valence-electron chi connectivity index (χ2n) is 9.50. The van der Waals surface area contributed by atoms with E-state index in [1.165, 1.54) is 17.0 Å². The lowest BCUT2D eigenvalue weighted by Crippen LogP contribution is -2.54. The fraction of sp³-hybridized carbons (Fsp3) is 0.286. The second-order valence-corrected chi connectivity index (χ2v) is 13.5. The maximum atomic E-state index is 14.1. The molecule has 0 heterocycles. The Morgan fingerprint density at radius 1 is 0.900 bits per heavy atom. The Kier molecular flexibility index (Phi) is 11.3. The third kappa shape index (κ3) is 8.85. The summed E-state index contributed by atoms with van der Waals surface area (Å²) < 4.78 is 27.5. The van der Waals surface area contributed by atoms with Crippen molar-refractivity contribution in [2.75, 3.05) is 17.1 Å². The van der Waals surface area contributed by atoms with Crippen molar-refractivity contribution in [3.05, 3.63) is 97.4 Å². The van der Waals surface area contributed by atoms with Crippen LogP contribution in [0, 0.1) is 0 Å². The van der Waals surface area contributed by atoms with E-state index in [2.05, 4.69) is 21.2 Å². The molecule has 214 valence electrons. The summed E-state index contributed by atoms with van der Waals surface area (Å²) in [6, 6.07) is 18.1. The van der Waals surface area contributed by atoms with Crippen LogP contribution < -0.4 is 9.62 Å². The molecule has 1 N–H and O–H groups in total. The maximum absolute atomic E-state index is 14.1. The molecule has 0 unspecified atom stereocenters. The van der Waals surface area contributed by atoms with Gasteiger partial charge in [-0.15, -0.1) is 0 Å². The summed E-state index contributed by atoms with van der Waals surface area (Å²) in [5.74, 6) is -0.960. The minimum Gasteiger partial charge on any atom is -0.352 e. The number of sulfonamides is 1. The zero-order valence-electron chi connectivity index (χ0n) is 22.1. The Balaban J connectivity index is 2.09. The van der Waals surface area contributed by atoms with E-state index in [0.29, 0.717) is 0 Å². The molecule has 40 heavy (non-hydrogen) atoms. The SMILES string of the molecule is CC(C)NC(=O)[C@@H](Cc1ccccc1)N(Cc1ccc(Br)cc1)C(=O)CN(c1cc(Cl)c(Cl)cc1Cl)S(C)(=O)=O. The number of carbonyl (C=O) groups excluding carboxylic acids is 2. The molecule has 1 atom stereocenters. The van der Waals surface area contributed by atoms with Crippen molar-refractivity contribution in [1.29, 1.82) is 0 Å². The van der Waals surface area contributed by atoms with E-state index in [1.54, 1.807) is 0 Å². The molecule has 2 amide bonds. The van der Waals surface area contributed by atoms with Crippen LogP contribution in [0.1, 0.15) is 25.0 Å². The number of rotatable bonds is 11. The summed E-state index contributed by atoms with van der Waals surface area (Å²) in [7, 11) is -4.01. The lowest BCUT2D eigenvalue weighted by molar-refractivity contribution is -0.140. The molecule has 12 heteroatoms. The van der Waals surface area contributed by atoms with Gasteiger partial charge >= 0.3 is 0 Å². The molecular formula is C28H29BrCl3N3O4S. The smallest absolute Gasteiger partial charge is 0.244 e. The van der Waals surface area contributed by atoms with Crippen LogP contribution in [0.5, 0.6) is 0 Å². The van der Waals surface area contributed by atoms with Gasteiger partial charge in [-0.2, -0.15) is 0 Å². The number of halogens is 4. The van der Waals surface area contributed by atoms with Crippen LogP contribution >= 0.6 is 50.7 Å². The van der Waals surface area contributed by atoms with E-state index < -0.39 is 28.5 Å². The van der Waals surface area contributed by atoms with Crippen LogP contribution in [0.25, 0.3) is 0 Å². The lowest BCUT2D eigenvalue weighted by Gasteiger charge is -2.34. The largest absolute Gasteiger partial charge is 0.352 e. The number of amides is 2. The minimum atomic E-state index is -4.01. The molecule has 0 fully saturated rings. The predicted molar refractivity (Wildman–Crippen MR) is 166 cm³/mol. The minimum absolute atomic E-state index is 0.00162. The van der Waals surface area contributed by atoms with Crippen molar-refractivity contribution in [2.24, 2.45) is 0 Å². The zero-order valence-corrected chi connectivity index (χ0v) is 26.7. The van der Waals surface area contributed by atoms with Gasteiger partial charge in [-0.1, -0.05) is 93.2 Å². The number of hydrogen-bond donors (Lipinski definition) is 1. The van der Waals surface area contributed by atoms with Crippen molar-refractivity contribution in [3.8, 4) is 0 Å². The molecule has 0 aliphatic heterocycles. The van der Waals surface area contributed by atoms with Crippen LogP contribution in [0.2, 0.25) is 15.1 Å². The summed E-state index contributed by atoms with van der Waals surface area (Å²) in [6.07, 6.45) is 1.18. The number of hydrogen-bond acceptors (Lipinski definition) is 4. The van der Waals surface area contributed by atoms with Gasteiger partial charge < -0.3 is 10.2 Å². The van der Waals surface area contributed by atoms with Crippen molar-refractivity contribution < 1.29 is 18.0 Å². The number of nitrogens with zero attached hydrogens (tertiary/aromatic N) is 2. The first kappa shape index (κ1) is 32.2. The highest BCUT2D eigenvalue weighted by atomic mass is 79.9. The molecule has 3 aromatic rings. The third-order valence-corrected chi connectivity index (χ3v) is 8.59. The molecule has 0 aromatic heterocycles. The monoisotopic (exact) mass is 687 g/mol. The van der Waals surface area contributed by atoms with E-state index in [1.807, 2.05) is 68.4 Å². The topological polar surface area (TPSA) is 86.8 Å². The van der Waals surface area contributed by atoms with Crippen molar-refractivity contribution >= 4 is 78.3 Å². The molecule has 0 spiro atoms. The highest BCUT2D eigenvalue weighted by molar-refractivity contribution is 9.10. The highest BCUT2D eigenvalue weighted by Crippen LogP contribution is 2.35.